The van der Waals surface area contributed by atoms with E-state index in [-0.39, 0.29) is 4.47 Å². The van der Waals surface area contributed by atoms with Gasteiger partial charge in [0.2, 0.25) is 0 Å². The van der Waals surface area contributed by atoms with Crippen molar-refractivity contribution in [3.05, 3.63) is 69.2 Å². The fourth-order valence-electron chi connectivity index (χ4n) is 2.76. The summed E-state index contributed by atoms with van der Waals surface area (Å²) in [5.74, 6) is -2.56. The maximum atomic E-state index is 14.0. The van der Waals surface area contributed by atoms with Crippen molar-refractivity contribution in [1.82, 2.24) is 0 Å². The molecule has 0 amide bonds. The number of aryl methyl sites for hydroxylation is 1. The predicted octanol–water partition coefficient (Wildman–Crippen LogP) is 4.64. The Bertz CT molecular complexity index is 697. The van der Waals surface area contributed by atoms with Crippen LogP contribution in [0.2, 0.25) is 0 Å². The zero-order valence-corrected chi connectivity index (χ0v) is 12.1. The molecule has 4 heteroatoms. The monoisotopic (exact) mass is 336 g/mol. The maximum absolute atomic E-state index is 14.0. The number of halogens is 3. The van der Waals surface area contributed by atoms with Crippen molar-refractivity contribution in [1.29, 1.82) is 0 Å². The highest BCUT2D eigenvalue weighted by Crippen LogP contribution is 2.37. The first-order valence-corrected chi connectivity index (χ1v) is 7.14. The number of fused-ring (bicyclic) bond motifs is 1. The van der Waals surface area contributed by atoms with Crippen molar-refractivity contribution in [3.8, 4) is 0 Å². The lowest BCUT2D eigenvalue weighted by atomic mass is 9.91. The summed E-state index contributed by atoms with van der Waals surface area (Å²) in [6.45, 7) is 0. The Morgan fingerprint density at radius 1 is 1.15 bits per heavy atom. The minimum Gasteiger partial charge on any atom is -0.293 e. The van der Waals surface area contributed by atoms with Gasteiger partial charge in [-0.3, -0.25) is 4.79 Å². The molecule has 0 aliphatic heterocycles. The van der Waals surface area contributed by atoms with Gasteiger partial charge in [-0.05, 0) is 52.0 Å². The highest BCUT2D eigenvalue weighted by Gasteiger charge is 2.32. The van der Waals surface area contributed by atoms with Crippen molar-refractivity contribution in [2.24, 2.45) is 0 Å². The molecule has 1 atom stereocenters. The zero-order valence-electron chi connectivity index (χ0n) is 10.5. The van der Waals surface area contributed by atoms with E-state index in [9.17, 15) is 13.6 Å². The van der Waals surface area contributed by atoms with Crippen LogP contribution in [0.1, 0.15) is 33.8 Å². The smallest absolute Gasteiger partial charge is 0.176 e. The van der Waals surface area contributed by atoms with Gasteiger partial charge in [-0.1, -0.05) is 24.3 Å². The predicted molar refractivity (Wildman–Crippen MR) is 75.9 cm³/mol. The van der Waals surface area contributed by atoms with Gasteiger partial charge in [0, 0.05) is 5.92 Å². The van der Waals surface area contributed by atoms with Crippen LogP contribution in [0.5, 0.6) is 0 Å². The molecule has 0 spiro atoms. The molecule has 0 radical (unpaired) electrons. The molecule has 102 valence electrons. The molecule has 20 heavy (non-hydrogen) atoms. The fourth-order valence-corrected chi connectivity index (χ4v) is 3.09. The normalized spacial score (nSPS) is 17.1. The highest BCUT2D eigenvalue weighted by atomic mass is 79.9. The van der Waals surface area contributed by atoms with Gasteiger partial charge in [0.05, 0.1) is 10.0 Å². The Balaban J connectivity index is 2.06. The van der Waals surface area contributed by atoms with Crippen molar-refractivity contribution >= 4 is 21.7 Å². The number of benzene rings is 2. The second kappa shape index (κ2) is 5.09. The fraction of sp³-hybridized carbons (Fsp3) is 0.188. The van der Waals surface area contributed by atoms with Crippen LogP contribution in [0.3, 0.4) is 0 Å². The molecule has 1 aliphatic carbocycles. The van der Waals surface area contributed by atoms with Gasteiger partial charge in [0.1, 0.15) is 5.82 Å². The lowest BCUT2D eigenvalue weighted by Crippen LogP contribution is -2.14. The van der Waals surface area contributed by atoms with Crippen LogP contribution >= 0.6 is 15.9 Å². The molecule has 0 heterocycles. The summed E-state index contributed by atoms with van der Waals surface area (Å²) in [6.07, 6.45) is 1.37. The van der Waals surface area contributed by atoms with E-state index in [0.717, 1.165) is 23.6 Å². The van der Waals surface area contributed by atoms with E-state index in [2.05, 4.69) is 15.9 Å². The molecule has 0 saturated carbocycles. The molecule has 2 aromatic rings. The summed E-state index contributed by atoms with van der Waals surface area (Å²) in [4.78, 5) is 12.5. The molecule has 1 unspecified atom stereocenters. The Labute approximate surface area is 123 Å². The van der Waals surface area contributed by atoms with E-state index in [0.29, 0.717) is 6.42 Å². The first-order valence-electron chi connectivity index (χ1n) is 6.35. The first kappa shape index (κ1) is 13.4. The van der Waals surface area contributed by atoms with Crippen LogP contribution in [0, 0.1) is 11.6 Å². The molecule has 0 bridgehead atoms. The van der Waals surface area contributed by atoms with Crippen LogP contribution in [0.25, 0.3) is 0 Å². The van der Waals surface area contributed by atoms with E-state index in [1.54, 1.807) is 0 Å². The van der Waals surface area contributed by atoms with Crippen LogP contribution in [-0.2, 0) is 6.42 Å². The lowest BCUT2D eigenvalue weighted by molar-refractivity contribution is 0.0951. The molecule has 0 aromatic heterocycles. The zero-order chi connectivity index (χ0) is 14.3. The van der Waals surface area contributed by atoms with Gasteiger partial charge in [0.15, 0.2) is 11.6 Å². The molecule has 0 N–H and O–H groups in total. The molecule has 1 nitrogen and oxygen atoms in total. The van der Waals surface area contributed by atoms with E-state index in [4.69, 9.17) is 0 Å². The molecule has 0 fully saturated rings. The molecule has 2 aromatic carbocycles. The summed E-state index contributed by atoms with van der Waals surface area (Å²) in [5.41, 5.74) is 1.53. The largest absolute Gasteiger partial charge is 0.293 e. The Morgan fingerprint density at radius 2 is 1.90 bits per heavy atom. The van der Waals surface area contributed by atoms with Crippen molar-refractivity contribution in [2.75, 3.05) is 0 Å². The number of hydrogen-bond acceptors (Lipinski definition) is 1. The average molecular weight is 337 g/mol. The molecular weight excluding hydrogens is 326 g/mol. The molecule has 3 rings (SSSR count). The van der Waals surface area contributed by atoms with Gasteiger partial charge < -0.3 is 0 Å². The van der Waals surface area contributed by atoms with Gasteiger partial charge in [-0.2, -0.15) is 0 Å². The third kappa shape index (κ3) is 2.08. The number of carbonyl (C=O) groups excluding carboxylic acids is 1. The van der Waals surface area contributed by atoms with Gasteiger partial charge in [-0.25, -0.2) is 8.78 Å². The number of rotatable bonds is 2. The third-order valence-electron chi connectivity index (χ3n) is 3.74. The molecule has 0 saturated heterocycles. The van der Waals surface area contributed by atoms with Crippen LogP contribution in [-0.4, -0.2) is 5.78 Å². The minimum atomic E-state index is -0.820. The number of carbonyl (C=O) groups is 1. The SMILES string of the molecule is O=C(c1c(F)ccc(Br)c1F)C1CCc2ccccc21. The van der Waals surface area contributed by atoms with Crippen molar-refractivity contribution < 1.29 is 13.6 Å². The Kier molecular flexibility index (Phi) is 3.42. The Morgan fingerprint density at radius 3 is 2.70 bits per heavy atom. The lowest BCUT2D eigenvalue weighted by Gasteiger charge is -2.12. The second-order valence-corrected chi connectivity index (χ2v) is 5.73. The van der Waals surface area contributed by atoms with Crippen LogP contribution in [0.4, 0.5) is 8.78 Å². The maximum Gasteiger partial charge on any atom is 0.176 e. The quantitative estimate of drug-likeness (QED) is 0.576. The van der Waals surface area contributed by atoms with Gasteiger partial charge >= 0.3 is 0 Å². The van der Waals surface area contributed by atoms with Crippen LogP contribution in [0.15, 0.2) is 40.9 Å². The summed E-state index contributed by atoms with van der Waals surface area (Å²) in [5, 5.41) is 0. The number of hydrogen-bond donors (Lipinski definition) is 0. The molecule has 1 aliphatic rings. The topological polar surface area (TPSA) is 17.1 Å². The number of Topliss-reactive ketones (excluding diaryl/α,β-unsaturated/α-hetero) is 1. The highest BCUT2D eigenvalue weighted by molar-refractivity contribution is 9.10. The van der Waals surface area contributed by atoms with E-state index in [1.165, 1.54) is 6.07 Å². The standard InChI is InChI=1S/C16H11BrF2O/c17-12-7-8-13(18)14(15(12)19)16(20)11-6-5-9-3-1-2-4-10(9)11/h1-4,7-8,11H,5-6H2. The number of ketones is 1. The Hall–Kier alpha value is -1.55. The third-order valence-corrected chi connectivity index (χ3v) is 4.35. The van der Waals surface area contributed by atoms with Crippen molar-refractivity contribution in [3.63, 3.8) is 0 Å². The summed E-state index contributed by atoms with van der Waals surface area (Å²) in [7, 11) is 0. The van der Waals surface area contributed by atoms with E-state index in [1.807, 2.05) is 24.3 Å². The summed E-state index contributed by atoms with van der Waals surface area (Å²) >= 11 is 2.99. The second-order valence-electron chi connectivity index (χ2n) is 4.87. The van der Waals surface area contributed by atoms with E-state index >= 15 is 0 Å². The summed E-state index contributed by atoms with van der Waals surface area (Å²) in [6, 6.07) is 9.95. The van der Waals surface area contributed by atoms with Gasteiger partial charge in [-0.15, -0.1) is 0 Å². The molecular formula is C16H11BrF2O. The van der Waals surface area contributed by atoms with Crippen molar-refractivity contribution in [2.45, 2.75) is 18.8 Å². The van der Waals surface area contributed by atoms with Crippen LogP contribution < -0.4 is 0 Å². The summed E-state index contributed by atoms with van der Waals surface area (Å²) < 4.78 is 28.0. The minimum absolute atomic E-state index is 0.105. The van der Waals surface area contributed by atoms with E-state index < -0.39 is 28.9 Å². The average Bonchev–Trinajstić information content (AvgIpc) is 2.87. The first-order chi connectivity index (χ1) is 9.59. The van der Waals surface area contributed by atoms with Gasteiger partial charge in [0.25, 0.3) is 0 Å².